The Morgan fingerprint density at radius 1 is 1.39 bits per heavy atom. The Hall–Kier alpha value is -1.48. The summed E-state index contributed by atoms with van der Waals surface area (Å²) in [6, 6.07) is 5.78. The van der Waals surface area contributed by atoms with Gasteiger partial charge in [-0.25, -0.2) is 13.6 Å². The van der Waals surface area contributed by atoms with Crippen molar-refractivity contribution in [2.24, 2.45) is 10.9 Å². The minimum atomic E-state index is -3.69. The van der Waals surface area contributed by atoms with E-state index in [1.54, 1.807) is 19.1 Å². The van der Waals surface area contributed by atoms with E-state index in [1.807, 2.05) is 0 Å². The van der Waals surface area contributed by atoms with Crippen molar-refractivity contribution in [1.29, 1.82) is 0 Å². The van der Waals surface area contributed by atoms with Crippen LogP contribution in [0, 0.1) is 0 Å². The molecule has 0 saturated carbocycles. The van der Waals surface area contributed by atoms with Gasteiger partial charge in [0.1, 0.15) is 6.61 Å². The molecule has 1 aromatic rings. The maximum absolute atomic E-state index is 11.0. The van der Waals surface area contributed by atoms with Gasteiger partial charge in [-0.1, -0.05) is 12.1 Å². The van der Waals surface area contributed by atoms with Crippen molar-refractivity contribution in [2.75, 3.05) is 6.61 Å². The summed E-state index contributed by atoms with van der Waals surface area (Å²) in [6.45, 7) is 1.55. The second-order valence-electron chi connectivity index (χ2n) is 3.71. The fraction of sp³-hybridized carbons (Fsp3) is 0.300. The predicted octanol–water partition coefficient (Wildman–Crippen LogP) is -0.598. The van der Waals surface area contributed by atoms with Gasteiger partial charge in [0.05, 0.1) is 10.9 Å². The van der Waals surface area contributed by atoms with Gasteiger partial charge in [-0.3, -0.25) is 9.63 Å². The largest absolute Gasteiger partial charge is 0.368 e. The molecule has 0 saturated heterocycles. The number of carbonyl (C=O) groups excluding carboxylic acids is 1. The second-order valence-corrected chi connectivity index (χ2v) is 5.27. The Labute approximate surface area is 105 Å². The molecule has 100 valence electrons. The van der Waals surface area contributed by atoms with Gasteiger partial charge in [-0.15, -0.1) is 0 Å². The third kappa shape index (κ3) is 4.41. The molecule has 1 unspecified atom stereocenters. The van der Waals surface area contributed by atoms with E-state index in [4.69, 9.17) is 15.7 Å². The van der Waals surface area contributed by atoms with Crippen LogP contribution in [0.5, 0.6) is 0 Å². The fourth-order valence-electron chi connectivity index (χ4n) is 1.25. The van der Waals surface area contributed by atoms with Crippen LogP contribution in [-0.2, 0) is 19.7 Å². The second kappa shape index (κ2) is 5.91. The number of primary amides is 1. The Balaban J connectivity index is 2.65. The van der Waals surface area contributed by atoms with Gasteiger partial charge in [0.2, 0.25) is 15.9 Å². The first-order valence-electron chi connectivity index (χ1n) is 5.09. The number of amides is 1. The summed E-state index contributed by atoms with van der Waals surface area (Å²) in [5, 5.41) is 4.98. The van der Waals surface area contributed by atoms with Gasteiger partial charge in [-0.2, -0.15) is 5.48 Å². The van der Waals surface area contributed by atoms with Crippen LogP contribution >= 0.6 is 0 Å². The van der Waals surface area contributed by atoms with E-state index in [0.29, 0.717) is 0 Å². The zero-order valence-electron chi connectivity index (χ0n) is 9.79. The average molecular weight is 273 g/mol. The fourth-order valence-corrected chi connectivity index (χ4v) is 1.77. The van der Waals surface area contributed by atoms with E-state index in [0.717, 1.165) is 5.56 Å². The molecule has 0 aliphatic heterocycles. The van der Waals surface area contributed by atoms with Crippen molar-refractivity contribution in [3.8, 4) is 0 Å². The molecular formula is C10H15N3O4S. The summed E-state index contributed by atoms with van der Waals surface area (Å²) in [7, 11) is -3.69. The van der Waals surface area contributed by atoms with Crippen LogP contribution in [0.2, 0.25) is 0 Å². The molecule has 0 aliphatic carbocycles. The maximum Gasteiger partial charge on any atom is 0.245 e. The first-order chi connectivity index (χ1) is 8.30. The average Bonchev–Trinajstić information content (AvgIpc) is 2.27. The molecule has 1 rings (SSSR count). The van der Waals surface area contributed by atoms with Gasteiger partial charge in [0.25, 0.3) is 0 Å². The smallest absolute Gasteiger partial charge is 0.245 e. The van der Waals surface area contributed by atoms with E-state index in [-0.39, 0.29) is 17.5 Å². The number of primary sulfonamides is 1. The van der Waals surface area contributed by atoms with Gasteiger partial charge < -0.3 is 5.73 Å². The third-order valence-electron chi connectivity index (χ3n) is 2.18. The molecule has 0 radical (unpaired) electrons. The van der Waals surface area contributed by atoms with Crippen molar-refractivity contribution in [3.05, 3.63) is 29.8 Å². The summed E-state index contributed by atoms with van der Waals surface area (Å²) < 4.78 is 22.1. The minimum absolute atomic E-state index is 0.0384. The number of nitrogens with one attached hydrogen (secondary N) is 1. The molecule has 7 nitrogen and oxygen atoms in total. The molecule has 0 aromatic heterocycles. The highest BCUT2D eigenvalue weighted by Crippen LogP contribution is 2.15. The lowest BCUT2D eigenvalue weighted by molar-refractivity contribution is -0.126. The lowest BCUT2D eigenvalue weighted by Crippen LogP contribution is -2.26. The number of rotatable bonds is 6. The van der Waals surface area contributed by atoms with Crippen LogP contribution < -0.4 is 16.4 Å². The van der Waals surface area contributed by atoms with Crippen molar-refractivity contribution >= 4 is 15.9 Å². The third-order valence-corrected chi connectivity index (χ3v) is 3.11. The number of sulfonamides is 1. The van der Waals surface area contributed by atoms with Crippen molar-refractivity contribution in [3.63, 3.8) is 0 Å². The van der Waals surface area contributed by atoms with Crippen LogP contribution in [0.1, 0.15) is 18.5 Å². The summed E-state index contributed by atoms with van der Waals surface area (Å²) >= 11 is 0. The molecule has 0 aliphatic rings. The number of hydrogen-bond donors (Lipinski definition) is 3. The topological polar surface area (TPSA) is 125 Å². The zero-order chi connectivity index (χ0) is 13.8. The minimum Gasteiger partial charge on any atom is -0.368 e. The summed E-state index contributed by atoms with van der Waals surface area (Å²) in [6.07, 6.45) is 0. The Kier molecular flexibility index (Phi) is 4.79. The number of benzene rings is 1. The molecule has 8 heteroatoms. The normalized spacial score (nSPS) is 13.2. The van der Waals surface area contributed by atoms with Crippen LogP contribution in [-0.4, -0.2) is 20.9 Å². The van der Waals surface area contributed by atoms with Crippen LogP contribution in [0.3, 0.4) is 0 Å². The zero-order valence-corrected chi connectivity index (χ0v) is 10.6. The molecule has 0 spiro atoms. The molecule has 5 N–H and O–H groups in total. The van der Waals surface area contributed by atoms with E-state index < -0.39 is 15.9 Å². The molecule has 0 bridgehead atoms. The van der Waals surface area contributed by atoms with Gasteiger partial charge >= 0.3 is 0 Å². The number of hydroxylamine groups is 1. The lowest BCUT2D eigenvalue weighted by Gasteiger charge is -2.13. The summed E-state index contributed by atoms with van der Waals surface area (Å²) in [5.74, 6) is -0.584. The monoisotopic (exact) mass is 273 g/mol. The summed E-state index contributed by atoms with van der Waals surface area (Å²) in [5.41, 5.74) is 8.29. The molecule has 1 amide bonds. The molecule has 1 aromatic carbocycles. The number of nitrogens with two attached hydrogens (primary N) is 2. The van der Waals surface area contributed by atoms with Crippen LogP contribution in [0.4, 0.5) is 0 Å². The molecule has 18 heavy (non-hydrogen) atoms. The standard InChI is InChI=1S/C10H15N3O4S/c1-7(13-17-6-10(11)14)8-2-4-9(5-3-8)18(12,15)16/h2-5,7,13H,6H2,1H3,(H2,11,14)(H2,12,15,16). The molecule has 0 heterocycles. The van der Waals surface area contributed by atoms with Crippen molar-refractivity contribution < 1.29 is 18.0 Å². The maximum atomic E-state index is 11.0. The predicted molar refractivity (Wildman–Crippen MR) is 64.5 cm³/mol. The van der Waals surface area contributed by atoms with Gasteiger partial charge in [0, 0.05) is 0 Å². The Morgan fingerprint density at radius 3 is 2.39 bits per heavy atom. The highest BCUT2D eigenvalue weighted by atomic mass is 32.2. The van der Waals surface area contributed by atoms with Crippen LogP contribution in [0.25, 0.3) is 0 Å². The van der Waals surface area contributed by atoms with E-state index in [2.05, 4.69) is 5.48 Å². The van der Waals surface area contributed by atoms with Crippen molar-refractivity contribution in [1.82, 2.24) is 5.48 Å². The van der Waals surface area contributed by atoms with Crippen molar-refractivity contribution in [2.45, 2.75) is 17.9 Å². The highest BCUT2D eigenvalue weighted by molar-refractivity contribution is 7.89. The Morgan fingerprint density at radius 2 is 1.94 bits per heavy atom. The van der Waals surface area contributed by atoms with Gasteiger partial charge in [0.15, 0.2) is 0 Å². The summed E-state index contributed by atoms with van der Waals surface area (Å²) in [4.78, 5) is 15.3. The first kappa shape index (κ1) is 14.6. The SMILES string of the molecule is CC(NOCC(N)=O)c1ccc(S(N)(=O)=O)cc1. The highest BCUT2D eigenvalue weighted by Gasteiger charge is 2.10. The first-order valence-corrected chi connectivity index (χ1v) is 6.63. The Bertz CT molecular complexity index is 512. The van der Waals surface area contributed by atoms with E-state index >= 15 is 0 Å². The van der Waals surface area contributed by atoms with E-state index in [9.17, 15) is 13.2 Å². The lowest BCUT2D eigenvalue weighted by atomic mass is 10.1. The van der Waals surface area contributed by atoms with Crippen LogP contribution in [0.15, 0.2) is 29.2 Å². The number of carbonyl (C=O) groups is 1. The molecular weight excluding hydrogens is 258 g/mol. The molecule has 0 fully saturated rings. The number of hydrogen-bond acceptors (Lipinski definition) is 5. The molecule has 1 atom stereocenters. The van der Waals surface area contributed by atoms with Gasteiger partial charge in [-0.05, 0) is 24.6 Å². The quantitative estimate of drug-likeness (QED) is 0.597. The van der Waals surface area contributed by atoms with E-state index in [1.165, 1.54) is 12.1 Å².